The number of carbonyl (C=O) groups excluding carboxylic acids is 1. The smallest absolute Gasteiger partial charge is 0.303 e. The van der Waals surface area contributed by atoms with Gasteiger partial charge < -0.3 is 5.11 Å². The Hall–Kier alpha value is -1.44. The summed E-state index contributed by atoms with van der Waals surface area (Å²) < 4.78 is 14.5. The van der Waals surface area contributed by atoms with E-state index in [1.165, 1.54) is 30.0 Å². The van der Waals surface area contributed by atoms with Crippen LogP contribution in [0.1, 0.15) is 63.4 Å². The van der Waals surface area contributed by atoms with Gasteiger partial charge in [-0.3, -0.25) is 14.5 Å². The maximum Gasteiger partial charge on any atom is 0.303 e. The second-order valence-corrected chi connectivity index (χ2v) is 9.02. The van der Waals surface area contributed by atoms with E-state index in [1.807, 2.05) is 0 Å². The molecule has 0 bridgehead atoms. The maximum atomic E-state index is 14.0. The predicted molar refractivity (Wildman–Crippen MR) is 120 cm³/mol. The first-order valence-electron chi connectivity index (χ1n) is 9.81. The van der Waals surface area contributed by atoms with Crippen molar-refractivity contribution in [2.75, 3.05) is 6.54 Å². The van der Waals surface area contributed by atoms with E-state index in [2.05, 4.69) is 0 Å². The van der Waals surface area contributed by atoms with Crippen molar-refractivity contribution in [1.29, 1.82) is 0 Å². The predicted octanol–water partition coefficient (Wildman–Crippen LogP) is 6.28. The Morgan fingerprint density at radius 1 is 1.14 bits per heavy atom. The number of halogens is 2. The SMILES string of the molecule is O=C(O)CCCCCCCCCCN1C(=O)C(=Cc2c(F)cccc2Cl)SC1=S. The van der Waals surface area contributed by atoms with Crippen LogP contribution in [0, 0.1) is 5.82 Å². The average molecular weight is 458 g/mol. The third kappa shape index (κ3) is 7.72. The van der Waals surface area contributed by atoms with Crippen LogP contribution in [0.2, 0.25) is 5.02 Å². The molecule has 0 unspecified atom stereocenters. The maximum absolute atomic E-state index is 14.0. The second kappa shape index (κ2) is 12.3. The van der Waals surface area contributed by atoms with E-state index < -0.39 is 11.8 Å². The number of thioether (sulfide) groups is 1. The monoisotopic (exact) mass is 457 g/mol. The number of aliphatic carboxylic acids is 1. The number of carboxylic acid groups (broad SMARTS) is 1. The van der Waals surface area contributed by atoms with Crippen LogP contribution in [0.25, 0.3) is 6.08 Å². The van der Waals surface area contributed by atoms with Crippen molar-refractivity contribution in [2.24, 2.45) is 0 Å². The minimum absolute atomic E-state index is 0.197. The summed E-state index contributed by atoms with van der Waals surface area (Å²) in [5.74, 6) is -1.39. The first-order valence-corrected chi connectivity index (χ1v) is 11.4. The Morgan fingerprint density at radius 3 is 2.38 bits per heavy atom. The standard InChI is InChI=1S/C21H25ClFNO3S2/c22-16-10-9-11-17(23)15(16)14-18-20(27)24(21(28)29-18)13-8-6-4-2-1-3-5-7-12-19(25)26/h9-11,14H,1-8,12-13H2,(H,25,26). The lowest BCUT2D eigenvalue weighted by Crippen LogP contribution is -2.29. The van der Waals surface area contributed by atoms with Crippen LogP contribution in [0.4, 0.5) is 4.39 Å². The lowest BCUT2D eigenvalue weighted by Gasteiger charge is -2.14. The van der Waals surface area contributed by atoms with E-state index in [4.69, 9.17) is 28.9 Å². The lowest BCUT2D eigenvalue weighted by molar-refractivity contribution is -0.137. The van der Waals surface area contributed by atoms with Gasteiger partial charge in [-0.05, 0) is 31.1 Å². The molecule has 2 rings (SSSR count). The summed E-state index contributed by atoms with van der Waals surface area (Å²) in [6.07, 6.45) is 9.65. The third-order valence-corrected chi connectivity index (χ3v) is 6.38. The summed E-state index contributed by atoms with van der Waals surface area (Å²) in [5, 5.41) is 8.85. The van der Waals surface area contributed by atoms with Gasteiger partial charge in [0, 0.05) is 18.5 Å². The number of benzene rings is 1. The van der Waals surface area contributed by atoms with Crippen LogP contribution < -0.4 is 0 Å². The topological polar surface area (TPSA) is 57.6 Å². The molecule has 0 aliphatic carbocycles. The number of thiocarbonyl (C=S) groups is 1. The molecular formula is C21H25ClFNO3S2. The van der Waals surface area contributed by atoms with Crippen LogP contribution in [0.3, 0.4) is 0 Å². The number of amides is 1. The van der Waals surface area contributed by atoms with Crippen LogP contribution >= 0.6 is 35.6 Å². The van der Waals surface area contributed by atoms with Gasteiger partial charge >= 0.3 is 5.97 Å². The third-order valence-electron chi connectivity index (χ3n) is 4.67. The minimum Gasteiger partial charge on any atom is -0.481 e. The zero-order chi connectivity index (χ0) is 21.2. The van der Waals surface area contributed by atoms with E-state index in [1.54, 1.807) is 11.0 Å². The number of carboxylic acids is 1. The second-order valence-electron chi connectivity index (χ2n) is 6.94. The van der Waals surface area contributed by atoms with Crippen molar-refractivity contribution < 1.29 is 19.1 Å². The zero-order valence-corrected chi connectivity index (χ0v) is 18.6. The molecule has 1 aliphatic heterocycles. The van der Waals surface area contributed by atoms with Gasteiger partial charge in [-0.25, -0.2) is 4.39 Å². The molecule has 0 saturated carbocycles. The molecule has 1 aliphatic rings. The number of rotatable bonds is 12. The highest BCUT2D eigenvalue weighted by atomic mass is 35.5. The van der Waals surface area contributed by atoms with E-state index in [0.717, 1.165) is 51.4 Å². The molecule has 29 heavy (non-hydrogen) atoms. The van der Waals surface area contributed by atoms with Crippen molar-refractivity contribution in [3.8, 4) is 0 Å². The Bertz CT molecular complexity index is 765. The van der Waals surface area contributed by atoms with E-state index >= 15 is 0 Å². The first kappa shape index (κ1) is 23.8. The van der Waals surface area contributed by atoms with Crippen molar-refractivity contribution in [2.45, 2.75) is 57.8 Å². The van der Waals surface area contributed by atoms with Gasteiger partial charge in [0.15, 0.2) is 0 Å². The number of nitrogens with zero attached hydrogens (tertiary/aromatic N) is 1. The van der Waals surface area contributed by atoms with Gasteiger partial charge in [-0.1, -0.05) is 80.2 Å². The van der Waals surface area contributed by atoms with Gasteiger partial charge in [-0.2, -0.15) is 0 Å². The number of hydrogen-bond donors (Lipinski definition) is 1. The molecule has 8 heteroatoms. The van der Waals surface area contributed by atoms with Gasteiger partial charge in [-0.15, -0.1) is 0 Å². The molecule has 1 aromatic carbocycles. The van der Waals surface area contributed by atoms with Crippen LogP contribution in [-0.2, 0) is 9.59 Å². The highest BCUT2D eigenvalue weighted by Gasteiger charge is 2.31. The van der Waals surface area contributed by atoms with Crippen LogP contribution in [0.5, 0.6) is 0 Å². The molecule has 4 nitrogen and oxygen atoms in total. The molecule has 0 aromatic heterocycles. The molecule has 1 saturated heterocycles. The quantitative estimate of drug-likeness (QED) is 0.227. The van der Waals surface area contributed by atoms with Gasteiger partial charge in [0.05, 0.1) is 9.93 Å². The zero-order valence-electron chi connectivity index (χ0n) is 16.2. The fourth-order valence-corrected chi connectivity index (χ4v) is 4.59. The molecule has 1 heterocycles. The molecule has 1 N–H and O–H groups in total. The molecule has 0 radical (unpaired) electrons. The Balaban J connectivity index is 1.70. The fourth-order valence-electron chi connectivity index (χ4n) is 3.08. The summed E-state index contributed by atoms with van der Waals surface area (Å²) in [7, 11) is 0. The molecular weight excluding hydrogens is 433 g/mol. The molecule has 1 amide bonds. The largest absolute Gasteiger partial charge is 0.481 e. The van der Waals surface area contributed by atoms with Gasteiger partial charge in [0.2, 0.25) is 0 Å². The number of carbonyl (C=O) groups is 2. The molecule has 0 spiro atoms. The highest BCUT2D eigenvalue weighted by molar-refractivity contribution is 8.26. The summed E-state index contributed by atoms with van der Waals surface area (Å²) in [4.78, 5) is 25.0. The molecule has 158 valence electrons. The van der Waals surface area contributed by atoms with Gasteiger partial charge in [0.25, 0.3) is 5.91 Å². The first-order chi connectivity index (χ1) is 13.9. The Kier molecular flexibility index (Phi) is 10.1. The summed E-state index contributed by atoms with van der Waals surface area (Å²) in [6, 6.07) is 4.42. The molecule has 0 atom stereocenters. The molecule has 1 aromatic rings. The average Bonchev–Trinajstić information content (AvgIpc) is 2.93. The highest BCUT2D eigenvalue weighted by Crippen LogP contribution is 2.34. The Morgan fingerprint density at radius 2 is 1.76 bits per heavy atom. The van der Waals surface area contributed by atoms with Gasteiger partial charge in [0.1, 0.15) is 10.1 Å². The van der Waals surface area contributed by atoms with Crippen molar-refractivity contribution in [3.05, 3.63) is 39.5 Å². The van der Waals surface area contributed by atoms with Crippen molar-refractivity contribution >= 4 is 57.9 Å². The van der Waals surface area contributed by atoms with E-state index in [9.17, 15) is 14.0 Å². The molecule has 1 fully saturated rings. The summed E-state index contributed by atoms with van der Waals surface area (Å²) in [6.45, 7) is 0.561. The van der Waals surface area contributed by atoms with E-state index in [0.29, 0.717) is 15.8 Å². The fraction of sp³-hybridized carbons (Fsp3) is 0.476. The van der Waals surface area contributed by atoms with E-state index in [-0.39, 0.29) is 22.9 Å². The Labute approximate surface area is 185 Å². The lowest BCUT2D eigenvalue weighted by atomic mass is 10.1. The number of unbranched alkanes of at least 4 members (excludes halogenated alkanes) is 7. The summed E-state index contributed by atoms with van der Waals surface area (Å²) >= 11 is 12.5. The normalized spacial score (nSPS) is 15.5. The minimum atomic E-state index is -0.729. The van der Waals surface area contributed by atoms with Crippen LogP contribution in [0.15, 0.2) is 23.1 Å². The van der Waals surface area contributed by atoms with Crippen LogP contribution in [-0.4, -0.2) is 32.7 Å². The van der Waals surface area contributed by atoms with Crippen molar-refractivity contribution in [1.82, 2.24) is 4.90 Å². The number of hydrogen-bond acceptors (Lipinski definition) is 4. The van der Waals surface area contributed by atoms with Crippen molar-refractivity contribution in [3.63, 3.8) is 0 Å². The summed E-state index contributed by atoms with van der Waals surface area (Å²) in [5.41, 5.74) is 0.207.